The molecule has 0 aliphatic rings. The zero-order chi connectivity index (χ0) is 8.97. The van der Waals surface area contributed by atoms with Crippen molar-refractivity contribution in [2.75, 3.05) is 6.61 Å². The van der Waals surface area contributed by atoms with Crippen LogP contribution in [0.4, 0.5) is 0 Å². The Kier molecular flexibility index (Phi) is 3.05. The van der Waals surface area contributed by atoms with E-state index in [9.17, 15) is 4.79 Å². The molecule has 0 radical (unpaired) electrons. The molecule has 1 rings (SSSR count). The summed E-state index contributed by atoms with van der Waals surface area (Å²) in [5.41, 5.74) is 0.612. The molecule has 0 bridgehead atoms. The summed E-state index contributed by atoms with van der Waals surface area (Å²) >= 11 is 0. The summed E-state index contributed by atoms with van der Waals surface area (Å²) in [4.78, 5) is 10.8. The van der Waals surface area contributed by atoms with Crippen molar-refractivity contribution in [3.63, 3.8) is 0 Å². The normalized spacial score (nSPS) is 10.2. The third-order valence-electron chi connectivity index (χ3n) is 1.58. The number of hydrogen-bond donors (Lipinski definition) is 1. The van der Waals surface area contributed by atoms with Gasteiger partial charge >= 0.3 is 5.63 Å². The number of hydrogen-bond acceptors (Lipinski definition) is 3. The van der Waals surface area contributed by atoms with Crippen LogP contribution in [-0.2, 0) is 6.42 Å². The molecule has 1 N–H and O–H groups in total. The van der Waals surface area contributed by atoms with Crippen molar-refractivity contribution < 1.29 is 9.52 Å². The molecule has 0 amide bonds. The monoisotopic (exact) mass is 168 g/mol. The van der Waals surface area contributed by atoms with Gasteiger partial charge in [-0.15, -0.1) is 0 Å². The van der Waals surface area contributed by atoms with Gasteiger partial charge in [0.15, 0.2) is 0 Å². The summed E-state index contributed by atoms with van der Waals surface area (Å²) in [5.74, 6) is 0.621. The third-order valence-corrected chi connectivity index (χ3v) is 1.58. The molecule has 0 aliphatic heterocycles. The van der Waals surface area contributed by atoms with Crippen LogP contribution in [0, 0.1) is 6.92 Å². The van der Waals surface area contributed by atoms with Crippen molar-refractivity contribution in [2.45, 2.75) is 19.8 Å². The molecular formula is C9H12O3. The molecule has 12 heavy (non-hydrogen) atoms. The quantitative estimate of drug-likeness (QED) is 0.728. The van der Waals surface area contributed by atoms with Crippen molar-refractivity contribution in [1.29, 1.82) is 0 Å². The summed E-state index contributed by atoms with van der Waals surface area (Å²) < 4.78 is 4.78. The van der Waals surface area contributed by atoms with Gasteiger partial charge in [0.25, 0.3) is 0 Å². The van der Waals surface area contributed by atoms with Crippen molar-refractivity contribution in [3.05, 3.63) is 33.9 Å². The second kappa shape index (κ2) is 4.07. The molecule has 1 heterocycles. The maximum Gasteiger partial charge on any atom is 0.336 e. The van der Waals surface area contributed by atoms with E-state index in [1.54, 1.807) is 6.92 Å². The van der Waals surface area contributed by atoms with Crippen LogP contribution in [0.15, 0.2) is 21.3 Å². The Labute approximate surface area is 70.7 Å². The Morgan fingerprint density at radius 3 is 2.83 bits per heavy atom. The highest BCUT2D eigenvalue weighted by molar-refractivity contribution is 5.12. The minimum Gasteiger partial charge on any atom is -0.428 e. The average molecular weight is 168 g/mol. The lowest BCUT2D eigenvalue weighted by Crippen LogP contribution is -2.01. The van der Waals surface area contributed by atoms with E-state index in [1.165, 1.54) is 6.07 Å². The summed E-state index contributed by atoms with van der Waals surface area (Å²) in [7, 11) is 0. The van der Waals surface area contributed by atoms with Gasteiger partial charge in [-0.2, -0.15) is 0 Å². The molecule has 0 saturated carbocycles. The topological polar surface area (TPSA) is 50.4 Å². The average Bonchev–Trinajstić information content (AvgIpc) is 1.99. The Morgan fingerprint density at radius 1 is 1.50 bits per heavy atom. The van der Waals surface area contributed by atoms with Crippen LogP contribution in [0.5, 0.6) is 0 Å². The highest BCUT2D eigenvalue weighted by Crippen LogP contribution is 2.02. The number of aliphatic hydroxyl groups excluding tert-OH is 1. The van der Waals surface area contributed by atoms with E-state index >= 15 is 0 Å². The summed E-state index contributed by atoms with van der Waals surface area (Å²) in [6, 6.07) is 3.28. The fraction of sp³-hybridized carbons (Fsp3) is 0.444. The minimum absolute atomic E-state index is 0.152. The lowest BCUT2D eigenvalue weighted by atomic mass is 10.1. The zero-order valence-electron chi connectivity index (χ0n) is 7.04. The molecule has 3 nitrogen and oxygen atoms in total. The van der Waals surface area contributed by atoms with Gasteiger partial charge in [0, 0.05) is 12.7 Å². The highest BCUT2D eigenvalue weighted by Gasteiger charge is 1.97. The number of rotatable bonds is 3. The third kappa shape index (κ3) is 2.51. The first-order valence-corrected chi connectivity index (χ1v) is 3.94. The van der Waals surface area contributed by atoms with E-state index in [4.69, 9.17) is 9.52 Å². The predicted octanol–water partition coefficient (Wildman–Crippen LogP) is 0.873. The van der Waals surface area contributed by atoms with E-state index < -0.39 is 0 Å². The van der Waals surface area contributed by atoms with Crippen molar-refractivity contribution in [1.82, 2.24) is 0 Å². The first-order valence-electron chi connectivity index (χ1n) is 3.94. The van der Waals surface area contributed by atoms with Gasteiger partial charge in [0.2, 0.25) is 0 Å². The molecule has 1 aromatic rings. The Balaban J connectivity index is 2.79. The zero-order valence-corrected chi connectivity index (χ0v) is 7.04. The SMILES string of the molecule is Cc1cc(CCCO)cc(=O)o1. The van der Waals surface area contributed by atoms with Gasteiger partial charge in [0.1, 0.15) is 5.76 Å². The first kappa shape index (κ1) is 9.00. The van der Waals surface area contributed by atoms with Crippen LogP contribution < -0.4 is 5.63 Å². The van der Waals surface area contributed by atoms with Crippen LogP contribution in [0.3, 0.4) is 0 Å². The molecule has 0 fully saturated rings. The van der Waals surface area contributed by atoms with E-state index in [0.29, 0.717) is 12.2 Å². The maximum absolute atomic E-state index is 10.8. The van der Waals surface area contributed by atoms with Crippen LogP contribution in [-0.4, -0.2) is 11.7 Å². The van der Waals surface area contributed by atoms with Gasteiger partial charge in [-0.1, -0.05) is 0 Å². The molecular weight excluding hydrogens is 156 g/mol. The number of aryl methyl sites for hydroxylation is 2. The molecule has 0 spiro atoms. The van der Waals surface area contributed by atoms with Gasteiger partial charge in [0.05, 0.1) is 0 Å². The highest BCUT2D eigenvalue weighted by atomic mass is 16.4. The second-order valence-corrected chi connectivity index (χ2v) is 2.72. The molecule has 0 atom stereocenters. The molecule has 0 aliphatic carbocycles. The maximum atomic E-state index is 10.8. The summed E-state index contributed by atoms with van der Waals surface area (Å²) in [6.45, 7) is 1.89. The fourth-order valence-corrected chi connectivity index (χ4v) is 1.10. The predicted molar refractivity (Wildman–Crippen MR) is 45.1 cm³/mol. The van der Waals surface area contributed by atoms with Gasteiger partial charge < -0.3 is 9.52 Å². The second-order valence-electron chi connectivity index (χ2n) is 2.72. The molecule has 66 valence electrons. The standard InChI is InChI=1S/C9H12O3/c1-7-5-8(3-2-4-10)6-9(11)12-7/h5-6,10H,2-4H2,1H3. The Bertz CT molecular complexity index is 301. The minimum atomic E-state index is -0.317. The Hall–Kier alpha value is -1.09. The molecule has 0 aromatic carbocycles. The van der Waals surface area contributed by atoms with Gasteiger partial charge in [-0.25, -0.2) is 4.79 Å². The van der Waals surface area contributed by atoms with Crippen LogP contribution >= 0.6 is 0 Å². The van der Waals surface area contributed by atoms with E-state index in [-0.39, 0.29) is 12.2 Å². The molecule has 0 saturated heterocycles. The Morgan fingerprint density at radius 2 is 2.25 bits per heavy atom. The summed E-state index contributed by atoms with van der Waals surface area (Å²) in [5, 5.41) is 8.56. The lowest BCUT2D eigenvalue weighted by Gasteiger charge is -1.98. The molecule has 0 unspecified atom stereocenters. The van der Waals surface area contributed by atoms with Crippen molar-refractivity contribution in [2.24, 2.45) is 0 Å². The van der Waals surface area contributed by atoms with Gasteiger partial charge in [-0.3, -0.25) is 0 Å². The van der Waals surface area contributed by atoms with Crippen LogP contribution in [0.25, 0.3) is 0 Å². The molecule has 1 aromatic heterocycles. The fourth-order valence-electron chi connectivity index (χ4n) is 1.10. The lowest BCUT2D eigenvalue weighted by molar-refractivity contribution is 0.288. The number of aliphatic hydroxyl groups is 1. The first-order chi connectivity index (χ1) is 5.72. The largest absolute Gasteiger partial charge is 0.428 e. The van der Waals surface area contributed by atoms with E-state index in [2.05, 4.69) is 0 Å². The van der Waals surface area contributed by atoms with Crippen molar-refractivity contribution >= 4 is 0 Å². The van der Waals surface area contributed by atoms with Crippen LogP contribution in [0.1, 0.15) is 17.7 Å². The van der Waals surface area contributed by atoms with Gasteiger partial charge in [-0.05, 0) is 31.4 Å². The van der Waals surface area contributed by atoms with Crippen LogP contribution in [0.2, 0.25) is 0 Å². The smallest absolute Gasteiger partial charge is 0.336 e. The molecule has 3 heteroatoms. The van der Waals surface area contributed by atoms with Crippen molar-refractivity contribution in [3.8, 4) is 0 Å². The summed E-state index contributed by atoms with van der Waals surface area (Å²) in [6.07, 6.45) is 1.41. The van der Waals surface area contributed by atoms with E-state index in [1.807, 2.05) is 6.07 Å². The van der Waals surface area contributed by atoms with E-state index in [0.717, 1.165) is 12.0 Å².